The predicted molar refractivity (Wildman–Crippen MR) is 117 cm³/mol. The second-order valence-corrected chi connectivity index (χ2v) is 7.78. The Bertz CT molecular complexity index is 977. The number of nitrogens with one attached hydrogen (secondary N) is 1. The molecule has 1 fully saturated rings. The molecular weight excluding hydrogens is 439 g/mol. The summed E-state index contributed by atoms with van der Waals surface area (Å²) in [6.07, 6.45) is 2.57. The summed E-state index contributed by atoms with van der Waals surface area (Å²) < 4.78 is 47.9. The fourth-order valence-corrected chi connectivity index (χ4v) is 3.40. The minimum atomic E-state index is -4.48. The van der Waals surface area contributed by atoms with E-state index in [4.69, 9.17) is 16.3 Å². The van der Waals surface area contributed by atoms with Crippen LogP contribution < -0.4 is 26.4 Å². The highest BCUT2D eigenvalue weighted by molar-refractivity contribution is 5.66. The van der Waals surface area contributed by atoms with Gasteiger partial charge < -0.3 is 20.5 Å². The van der Waals surface area contributed by atoms with E-state index in [1.807, 2.05) is 13.0 Å². The highest BCUT2D eigenvalue weighted by Crippen LogP contribution is 2.26. The monoisotopic (exact) mass is 467 g/mol. The lowest BCUT2D eigenvalue weighted by Gasteiger charge is -2.24. The Hall–Kier alpha value is -3.28. The van der Waals surface area contributed by atoms with E-state index in [2.05, 4.69) is 25.0 Å². The van der Waals surface area contributed by atoms with Gasteiger partial charge in [0.2, 0.25) is 11.8 Å². The summed E-state index contributed by atoms with van der Waals surface area (Å²) in [6.45, 7) is 0.363. The van der Waals surface area contributed by atoms with Gasteiger partial charge in [0.25, 0.3) is 0 Å². The van der Waals surface area contributed by atoms with Gasteiger partial charge in [0.15, 0.2) is 6.61 Å². The standard InChI is InChI=1S/C21H28F3N7O2/c1-13-16(33-14-6-4-3-5-7-14)9-8-15(28-13)18(25)19(31(2)26)30-20-27-11-10-17(29-20)32-12-21(22,23)24/h8-11,14H,3-7,12,25-26H2,1-2H3,(H,27,29,30)/b19-18-. The normalized spacial score (nSPS) is 15.6. The van der Waals surface area contributed by atoms with Gasteiger partial charge in [-0.3, -0.25) is 5.01 Å². The number of rotatable bonds is 8. The fourth-order valence-electron chi connectivity index (χ4n) is 3.40. The van der Waals surface area contributed by atoms with E-state index in [1.165, 1.54) is 30.7 Å². The van der Waals surface area contributed by atoms with E-state index in [-0.39, 0.29) is 29.5 Å². The van der Waals surface area contributed by atoms with Gasteiger partial charge in [-0.05, 0) is 44.7 Å². The Morgan fingerprint density at radius 2 is 1.91 bits per heavy atom. The number of aromatic nitrogens is 3. The number of pyridine rings is 1. The van der Waals surface area contributed by atoms with Crippen molar-refractivity contribution in [1.82, 2.24) is 20.0 Å². The lowest BCUT2D eigenvalue weighted by Crippen LogP contribution is -2.32. The molecule has 33 heavy (non-hydrogen) atoms. The van der Waals surface area contributed by atoms with Crippen molar-refractivity contribution in [3.8, 4) is 11.6 Å². The van der Waals surface area contributed by atoms with Crippen LogP contribution in [-0.4, -0.2) is 45.9 Å². The number of hydrogen-bond donors (Lipinski definition) is 3. The van der Waals surface area contributed by atoms with Crippen molar-refractivity contribution < 1.29 is 22.6 Å². The first-order valence-corrected chi connectivity index (χ1v) is 10.5. The van der Waals surface area contributed by atoms with Gasteiger partial charge in [-0.15, -0.1) is 0 Å². The first-order chi connectivity index (χ1) is 15.6. The molecule has 0 aliphatic heterocycles. The van der Waals surface area contributed by atoms with Crippen LogP contribution in [0.4, 0.5) is 19.1 Å². The smallest absolute Gasteiger partial charge is 0.422 e. The first kappa shape index (κ1) is 24.4. The molecule has 2 aromatic heterocycles. The number of anilines is 1. The van der Waals surface area contributed by atoms with Crippen LogP contribution in [0.25, 0.3) is 5.70 Å². The summed E-state index contributed by atoms with van der Waals surface area (Å²) in [5.74, 6) is 6.53. The largest absolute Gasteiger partial charge is 0.489 e. The second kappa shape index (κ2) is 10.6. The lowest BCUT2D eigenvalue weighted by molar-refractivity contribution is -0.154. The minimum absolute atomic E-state index is 0.0427. The number of halogens is 3. The molecule has 5 N–H and O–H groups in total. The Balaban J connectivity index is 1.78. The van der Waals surface area contributed by atoms with Crippen molar-refractivity contribution in [2.75, 3.05) is 19.0 Å². The number of ether oxygens (including phenoxy) is 2. The Kier molecular flexibility index (Phi) is 7.79. The van der Waals surface area contributed by atoms with Crippen molar-refractivity contribution in [3.63, 3.8) is 0 Å². The number of nitrogens with zero attached hydrogens (tertiary/aromatic N) is 4. The molecule has 3 rings (SSSR count). The third-order valence-corrected chi connectivity index (χ3v) is 5.01. The minimum Gasteiger partial charge on any atom is -0.489 e. The van der Waals surface area contributed by atoms with Crippen molar-refractivity contribution in [2.45, 2.75) is 51.3 Å². The quantitative estimate of drug-likeness (QED) is 0.396. The van der Waals surface area contributed by atoms with Gasteiger partial charge in [-0.25, -0.2) is 15.8 Å². The molecule has 180 valence electrons. The van der Waals surface area contributed by atoms with Crippen LogP contribution in [0.2, 0.25) is 0 Å². The van der Waals surface area contributed by atoms with E-state index < -0.39 is 12.8 Å². The maximum atomic E-state index is 12.4. The summed E-state index contributed by atoms with van der Waals surface area (Å²) >= 11 is 0. The molecule has 12 heteroatoms. The topological polar surface area (TPSA) is 124 Å². The van der Waals surface area contributed by atoms with Crippen molar-refractivity contribution in [3.05, 3.63) is 41.6 Å². The zero-order valence-corrected chi connectivity index (χ0v) is 18.5. The average Bonchev–Trinajstić information content (AvgIpc) is 2.77. The molecule has 0 atom stereocenters. The highest BCUT2D eigenvalue weighted by Gasteiger charge is 2.28. The fraction of sp³-hybridized carbons (Fsp3) is 0.476. The Morgan fingerprint density at radius 1 is 1.18 bits per heavy atom. The molecule has 0 unspecified atom stereocenters. The van der Waals surface area contributed by atoms with Gasteiger partial charge in [0, 0.05) is 19.3 Å². The Labute approximate surface area is 190 Å². The van der Waals surface area contributed by atoms with Crippen LogP contribution in [0.1, 0.15) is 43.5 Å². The first-order valence-electron chi connectivity index (χ1n) is 10.5. The lowest BCUT2D eigenvalue weighted by atomic mass is 9.98. The molecule has 2 heterocycles. The van der Waals surface area contributed by atoms with Crippen molar-refractivity contribution >= 4 is 11.6 Å². The molecule has 1 aliphatic rings. The molecule has 0 saturated heterocycles. The van der Waals surface area contributed by atoms with E-state index in [9.17, 15) is 13.2 Å². The number of hydrogen-bond acceptors (Lipinski definition) is 9. The van der Waals surface area contributed by atoms with E-state index in [0.29, 0.717) is 17.1 Å². The van der Waals surface area contributed by atoms with Crippen molar-refractivity contribution in [2.24, 2.45) is 11.6 Å². The number of alkyl halides is 3. The maximum Gasteiger partial charge on any atom is 0.422 e. The van der Waals surface area contributed by atoms with Gasteiger partial charge in [0.05, 0.1) is 17.5 Å². The predicted octanol–water partition coefficient (Wildman–Crippen LogP) is 3.34. The molecule has 0 spiro atoms. The summed E-state index contributed by atoms with van der Waals surface area (Å²) in [7, 11) is 1.53. The number of aryl methyl sites for hydroxylation is 1. The van der Waals surface area contributed by atoms with Crippen LogP contribution in [0.15, 0.2) is 30.2 Å². The third kappa shape index (κ3) is 7.11. The molecule has 0 aromatic carbocycles. The number of nitrogens with two attached hydrogens (primary N) is 2. The molecule has 0 radical (unpaired) electrons. The van der Waals surface area contributed by atoms with Gasteiger partial charge >= 0.3 is 6.18 Å². The van der Waals surface area contributed by atoms with E-state index in [0.717, 1.165) is 25.7 Å². The second-order valence-electron chi connectivity index (χ2n) is 7.78. The van der Waals surface area contributed by atoms with Crippen LogP contribution in [-0.2, 0) is 0 Å². The Morgan fingerprint density at radius 3 is 2.55 bits per heavy atom. The molecule has 0 bridgehead atoms. The van der Waals surface area contributed by atoms with Crippen LogP contribution in [0.3, 0.4) is 0 Å². The third-order valence-electron chi connectivity index (χ3n) is 5.01. The van der Waals surface area contributed by atoms with Gasteiger partial charge in [-0.1, -0.05) is 6.42 Å². The zero-order valence-electron chi connectivity index (χ0n) is 18.5. The highest BCUT2D eigenvalue weighted by atomic mass is 19.4. The van der Waals surface area contributed by atoms with Crippen LogP contribution in [0, 0.1) is 6.92 Å². The maximum absolute atomic E-state index is 12.4. The summed E-state index contributed by atoms with van der Waals surface area (Å²) in [4.78, 5) is 12.4. The molecular formula is C21H28F3N7O2. The summed E-state index contributed by atoms with van der Waals surface area (Å²) in [5.41, 5.74) is 7.61. The van der Waals surface area contributed by atoms with Crippen LogP contribution >= 0.6 is 0 Å². The molecule has 9 nitrogen and oxygen atoms in total. The van der Waals surface area contributed by atoms with Gasteiger partial charge in [-0.2, -0.15) is 18.2 Å². The van der Waals surface area contributed by atoms with Gasteiger partial charge in [0.1, 0.15) is 17.3 Å². The molecule has 1 aliphatic carbocycles. The SMILES string of the molecule is Cc1nc(/C(N)=C(\Nc2nccc(OCC(F)(F)F)n2)N(C)N)ccc1OC1CCCCC1. The number of hydrazine groups is 1. The van der Waals surface area contributed by atoms with E-state index in [1.54, 1.807) is 6.07 Å². The van der Waals surface area contributed by atoms with Crippen LogP contribution in [0.5, 0.6) is 11.6 Å². The molecule has 1 saturated carbocycles. The molecule has 0 amide bonds. The van der Waals surface area contributed by atoms with E-state index >= 15 is 0 Å². The molecule has 2 aromatic rings. The zero-order chi connectivity index (χ0) is 24.0. The summed E-state index contributed by atoms with van der Waals surface area (Å²) in [5, 5.41) is 4.01. The summed E-state index contributed by atoms with van der Waals surface area (Å²) in [6, 6.07) is 4.75. The van der Waals surface area contributed by atoms with Crippen molar-refractivity contribution in [1.29, 1.82) is 0 Å². The average molecular weight is 467 g/mol.